The third-order valence-electron chi connectivity index (χ3n) is 5.25. The summed E-state index contributed by atoms with van der Waals surface area (Å²) < 4.78 is 7.22. The molecule has 0 aliphatic carbocycles. The number of carbonyl (C=O) groups is 1. The summed E-state index contributed by atoms with van der Waals surface area (Å²) in [5.74, 6) is 0.481. The van der Waals surface area contributed by atoms with Gasteiger partial charge in [0.15, 0.2) is 5.65 Å². The van der Waals surface area contributed by atoms with E-state index in [4.69, 9.17) is 4.74 Å². The molecule has 0 radical (unpaired) electrons. The standard InChI is InChI=1S/C22H27N3O3/c1-5-20-23-24-22-15(4)18(9-10-25(20)22)19(12-21(27)28-6-2)16-8-7-14(3)17(11-16)13-26/h7-11,19,26H,5-6,12-13H2,1-4H3. The number of pyridine rings is 1. The summed E-state index contributed by atoms with van der Waals surface area (Å²) in [6, 6.07) is 8.01. The molecule has 28 heavy (non-hydrogen) atoms. The van der Waals surface area contributed by atoms with E-state index in [1.165, 1.54) is 0 Å². The van der Waals surface area contributed by atoms with Gasteiger partial charge in [0.25, 0.3) is 0 Å². The molecule has 3 rings (SSSR count). The molecular formula is C22H27N3O3. The van der Waals surface area contributed by atoms with E-state index in [1.807, 2.05) is 62.6 Å². The highest BCUT2D eigenvalue weighted by atomic mass is 16.5. The third-order valence-corrected chi connectivity index (χ3v) is 5.25. The maximum atomic E-state index is 12.3. The van der Waals surface area contributed by atoms with Crippen LogP contribution < -0.4 is 0 Å². The Morgan fingerprint density at radius 3 is 2.68 bits per heavy atom. The van der Waals surface area contributed by atoms with Gasteiger partial charge in [-0.2, -0.15) is 0 Å². The molecule has 0 amide bonds. The molecule has 2 heterocycles. The van der Waals surface area contributed by atoms with Crippen LogP contribution in [0.25, 0.3) is 5.65 Å². The molecule has 1 N–H and O–H groups in total. The van der Waals surface area contributed by atoms with Gasteiger partial charge < -0.3 is 9.84 Å². The largest absolute Gasteiger partial charge is 0.466 e. The maximum Gasteiger partial charge on any atom is 0.306 e. The second-order valence-electron chi connectivity index (χ2n) is 6.97. The van der Waals surface area contributed by atoms with Gasteiger partial charge in [0.2, 0.25) is 0 Å². The number of aliphatic hydroxyl groups is 1. The zero-order valence-corrected chi connectivity index (χ0v) is 16.9. The van der Waals surface area contributed by atoms with Crippen LogP contribution >= 0.6 is 0 Å². The van der Waals surface area contributed by atoms with Crippen LogP contribution in [0.1, 0.15) is 59.8 Å². The molecule has 2 aromatic heterocycles. The number of esters is 1. The number of rotatable bonds is 7. The lowest BCUT2D eigenvalue weighted by Crippen LogP contribution is -2.14. The molecule has 0 saturated carbocycles. The van der Waals surface area contributed by atoms with Crippen LogP contribution in [0.4, 0.5) is 0 Å². The number of nitrogens with zero attached hydrogens (tertiary/aromatic N) is 3. The van der Waals surface area contributed by atoms with Crippen molar-refractivity contribution >= 4 is 11.6 Å². The van der Waals surface area contributed by atoms with E-state index in [-0.39, 0.29) is 24.9 Å². The van der Waals surface area contributed by atoms with Crippen LogP contribution in [0, 0.1) is 13.8 Å². The quantitative estimate of drug-likeness (QED) is 0.634. The Labute approximate surface area is 165 Å². The fourth-order valence-electron chi connectivity index (χ4n) is 3.64. The van der Waals surface area contributed by atoms with E-state index in [0.29, 0.717) is 6.61 Å². The van der Waals surface area contributed by atoms with Gasteiger partial charge in [0.1, 0.15) is 5.82 Å². The smallest absolute Gasteiger partial charge is 0.306 e. The Balaban J connectivity index is 2.12. The molecule has 3 aromatic rings. The minimum atomic E-state index is -0.242. The van der Waals surface area contributed by atoms with Crippen LogP contribution in [0.2, 0.25) is 0 Å². The van der Waals surface area contributed by atoms with Crippen molar-refractivity contribution in [3.05, 3.63) is 64.1 Å². The lowest BCUT2D eigenvalue weighted by molar-refractivity contribution is -0.143. The first-order valence-corrected chi connectivity index (χ1v) is 9.69. The number of hydrogen-bond acceptors (Lipinski definition) is 5. The second-order valence-corrected chi connectivity index (χ2v) is 6.97. The molecule has 0 bridgehead atoms. The maximum absolute atomic E-state index is 12.3. The van der Waals surface area contributed by atoms with Crippen LogP contribution in [0.3, 0.4) is 0 Å². The van der Waals surface area contributed by atoms with Gasteiger partial charge >= 0.3 is 5.97 Å². The number of benzene rings is 1. The van der Waals surface area contributed by atoms with Gasteiger partial charge in [-0.15, -0.1) is 10.2 Å². The molecule has 6 nitrogen and oxygen atoms in total. The van der Waals surface area contributed by atoms with Crippen LogP contribution in [-0.2, 0) is 22.6 Å². The van der Waals surface area contributed by atoms with E-state index in [1.54, 1.807) is 0 Å². The van der Waals surface area contributed by atoms with Crippen molar-refractivity contribution in [1.82, 2.24) is 14.6 Å². The summed E-state index contributed by atoms with van der Waals surface area (Å²) in [4.78, 5) is 12.3. The second kappa shape index (κ2) is 8.52. The van der Waals surface area contributed by atoms with Crippen molar-refractivity contribution in [3.8, 4) is 0 Å². The number of carbonyl (C=O) groups excluding carboxylic acids is 1. The third kappa shape index (κ3) is 3.78. The Morgan fingerprint density at radius 2 is 2.00 bits per heavy atom. The van der Waals surface area contributed by atoms with E-state index >= 15 is 0 Å². The Kier molecular flexibility index (Phi) is 6.09. The van der Waals surface area contributed by atoms with Crippen molar-refractivity contribution in [2.45, 2.75) is 53.1 Å². The number of hydrogen-bond donors (Lipinski definition) is 1. The van der Waals surface area contributed by atoms with E-state index in [0.717, 1.165) is 45.7 Å². The molecule has 1 atom stereocenters. The average Bonchev–Trinajstić information content (AvgIpc) is 3.11. The molecule has 0 spiro atoms. The number of aliphatic hydroxyl groups excluding tert-OH is 1. The predicted octanol–water partition coefficient (Wildman–Crippen LogP) is 3.49. The summed E-state index contributed by atoms with van der Waals surface area (Å²) in [6.07, 6.45) is 2.99. The molecule has 6 heteroatoms. The highest BCUT2D eigenvalue weighted by Gasteiger charge is 2.23. The number of aromatic nitrogens is 3. The van der Waals surface area contributed by atoms with Gasteiger partial charge in [0.05, 0.1) is 19.6 Å². The van der Waals surface area contributed by atoms with Crippen molar-refractivity contribution in [2.24, 2.45) is 0 Å². The highest BCUT2D eigenvalue weighted by Crippen LogP contribution is 2.33. The average molecular weight is 381 g/mol. The van der Waals surface area contributed by atoms with E-state index < -0.39 is 0 Å². The van der Waals surface area contributed by atoms with Crippen molar-refractivity contribution < 1.29 is 14.6 Å². The lowest BCUT2D eigenvalue weighted by atomic mass is 9.85. The molecule has 148 valence electrons. The first-order valence-electron chi connectivity index (χ1n) is 9.69. The van der Waals surface area contributed by atoms with Crippen molar-refractivity contribution in [2.75, 3.05) is 6.61 Å². The Morgan fingerprint density at radius 1 is 1.21 bits per heavy atom. The Hall–Kier alpha value is -2.73. The Bertz CT molecular complexity index is 994. The minimum absolute atomic E-state index is 0.0339. The fraction of sp³-hybridized carbons (Fsp3) is 0.409. The first kappa shape index (κ1) is 20.0. The predicted molar refractivity (Wildman–Crippen MR) is 107 cm³/mol. The molecular weight excluding hydrogens is 354 g/mol. The van der Waals surface area contributed by atoms with Crippen LogP contribution in [-0.4, -0.2) is 32.3 Å². The summed E-state index contributed by atoms with van der Waals surface area (Å²) in [6.45, 7) is 8.15. The zero-order valence-electron chi connectivity index (χ0n) is 16.9. The minimum Gasteiger partial charge on any atom is -0.466 e. The van der Waals surface area contributed by atoms with Crippen LogP contribution in [0.5, 0.6) is 0 Å². The van der Waals surface area contributed by atoms with E-state index in [9.17, 15) is 9.90 Å². The molecule has 0 fully saturated rings. The number of fused-ring (bicyclic) bond motifs is 1. The van der Waals surface area contributed by atoms with Crippen molar-refractivity contribution in [1.29, 1.82) is 0 Å². The topological polar surface area (TPSA) is 76.7 Å². The van der Waals surface area contributed by atoms with Gasteiger partial charge in [-0.25, -0.2) is 0 Å². The van der Waals surface area contributed by atoms with Crippen LogP contribution in [0.15, 0.2) is 30.5 Å². The summed E-state index contributed by atoms with van der Waals surface area (Å²) in [5.41, 5.74) is 5.68. The van der Waals surface area contributed by atoms with Gasteiger partial charge in [-0.3, -0.25) is 9.20 Å². The highest BCUT2D eigenvalue weighted by molar-refractivity contribution is 5.72. The normalized spacial score (nSPS) is 12.3. The molecule has 1 aromatic carbocycles. The molecule has 0 aliphatic heterocycles. The SMILES string of the molecule is CCOC(=O)CC(c1ccc(C)c(CO)c1)c1ccn2c(CC)nnc2c1C. The van der Waals surface area contributed by atoms with Gasteiger partial charge in [0, 0.05) is 18.5 Å². The molecule has 0 aliphatic rings. The monoisotopic (exact) mass is 381 g/mol. The van der Waals surface area contributed by atoms with Gasteiger partial charge in [-0.1, -0.05) is 25.1 Å². The van der Waals surface area contributed by atoms with Gasteiger partial charge in [-0.05, 0) is 54.7 Å². The number of aryl methyl sites for hydroxylation is 3. The molecule has 0 saturated heterocycles. The first-order chi connectivity index (χ1) is 13.5. The fourth-order valence-corrected chi connectivity index (χ4v) is 3.64. The van der Waals surface area contributed by atoms with Crippen molar-refractivity contribution in [3.63, 3.8) is 0 Å². The van der Waals surface area contributed by atoms with E-state index in [2.05, 4.69) is 10.2 Å². The number of ether oxygens (including phenoxy) is 1. The summed E-state index contributed by atoms with van der Waals surface area (Å²) >= 11 is 0. The zero-order chi connectivity index (χ0) is 20.3. The summed E-state index contributed by atoms with van der Waals surface area (Å²) in [7, 11) is 0. The summed E-state index contributed by atoms with van der Waals surface area (Å²) in [5, 5.41) is 18.3. The molecule has 1 unspecified atom stereocenters. The lowest BCUT2D eigenvalue weighted by Gasteiger charge is -2.21.